The molecule has 2 aliphatic heterocycles. The zero-order valence-electron chi connectivity index (χ0n) is 12.2. The Balaban J connectivity index is 1.57. The van der Waals surface area contributed by atoms with Crippen molar-refractivity contribution in [2.45, 2.75) is 50.9 Å². The molecule has 3 rings (SSSR count). The van der Waals surface area contributed by atoms with Gasteiger partial charge >= 0.3 is 0 Å². The average Bonchev–Trinajstić information content (AvgIpc) is 3.21. The number of hydrogen-bond acceptors (Lipinski definition) is 3. The topological polar surface area (TPSA) is 45.0 Å². The zero-order valence-corrected chi connectivity index (χ0v) is 12.2. The highest BCUT2D eigenvalue weighted by Gasteiger charge is 2.40. The van der Waals surface area contributed by atoms with Gasteiger partial charge in [-0.1, -0.05) is 24.3 Å². The molecule has 1 atom stereocenters. The minimum absolute atomic E-state index is 0.156. The van der Waals surface area contributed by atoms with Crippen molar-refractivity contribution in [3.63, 3.8) is 0 Å². The van der Waals surface area contributed by atoms with Crippen molar-refractivity contribution in [3.8, 4) is 12.3 Å². The Labute approximate surface area is 125 Å². The van der Waals surface area contributed by atoms with E-state index in [9.17, 15) is 4.79 Å². The number of fused-ring (bicyclic) bond motifs is 1. The third-order valence-electron chi connectivity index (χ3n) is 4.43. The Morgan fingerprint density at radius 1 is 1.43 bits per heavy atom. The van der Waals surface area contributed by atoms with Gasteiger partial charge in [0, 0.05) is 32.2 Å². The maximum atomic E-state index is 12.5. The zero-order chi connectivity index (χ0) is 14.9. The second-order valence-corrected chi connectivity index (χ2v) is 5.78. The molecular formula is C17H19N3O. The number of carbonyl (C=O) groups excluding carboxylic acids is 1. The first-order valence-corrected chi connectivity index (χ1v) is 7.40. The molecule has 0 aromatic heterocycles. The first-order chi connectivity index (χ1) is 10.2. The molecule has 0 saturated heterocycles. The van der Waals surface area contributed by atoms with Crippen LogP contribution in [0.1, 0.15) is 49.8 Å². The first-order valence-electron chi connectivity index (χ1n) is 7.40. The van der Waals surface area contributed by atoms with Crippen molar-refractivity contribution in [2.75, 3.05) is 0 Å². The third kappa shape index (κ3) is 2.69. The fourth-order valence-corrected chi connectivity index (χ4v) is 3.00. The number of carbonyl (C=O) groups is 1. The molecule has 0 radical (unpaired) electrons. The molecule has 21 heavy (non-hydrogen) atoms. The standard InChI is InChI=1S/C17H19N3O/c1-3-4-10-17(18-19-17)11-9-16(21)20-12-14-7-5-6-8-15(14)13(20)2/h1,5-8,13H,4,9-12H2,2H3. The number of rotatable bonds is 5. The van der Waals surface area contributed by atoms with Gasteiger partial charge in [0.2, 0.25) is 5.91 Å². The Hall–Kier alpha value is -2.15. The van der Waals surface area contributed by atoms with Gasteiger partial charge in [-0.15, -0.1) is 12.3 Å². The second kappa shape index (κ2) is 5.33. The molecule has 1 amide bonds. The monoisotopic (exact) mass is 281 g/mol. The van der Waals surface area contributed by atoms with E-state index in [1.165, 1.54) is 11.1 Å². The predicted octanol–water partition coefficient (Wildman–Crippen LogP) is 3.45. The van der Waals surface area contributed by atoms with Gasteiger partial charge in [-0.3, -0.25) is 4.79 Å². The molecule has 108 valence electrons. The van der Waals surface area contributed by atoms with E-state index in [1.807, 2.05) is 17.0 Å². The summed E-state index contributed by atoms with van der Waals surface area (Å²) in [5, 5.41) is 8.17. The summed E-state index contributed by atoms with van der Waals surface area (Å²) in [4.78, 5) is 14.4. The van der Waals surface area contributed by atoms with Crippen LogP contribution in [0.3, 0.4) is 0 Å². The summed E-state index contributed by atoms with van der Waals surface area (Å²) in [6.45, 7) is 2.80. The summed E-state index contributed by atoms with van der Waals surface area (Å²) < 4.78 is 0. The lowest BCUT2D eigenvalue weighted by molar-refractivity contribution is -0.133. The Morgan fingerprint density at radius 3 is 2.86 bits per heavy atom. The van der Waals surface area contributed by atoms with Crippen LogP contribution >= 0.6 is 0 Å². The highest BCUT2D eigenvalue weighted by molar-refractivity contribution is 5.77. The van der Waals surface area contributed by atoms with Crippen LogP contribution in [0.25, 0.3) is 0 Å². The van der Waals surface area contributed by atoms with Crippen LogP contribution in [0.15, 0.2) is 34.5 Å². The average molecular weight is 281 g/mol. The molecule has 4 heteroatoms. The van der Waals surface area contributed by atoms with Gasteiger partial charge in [-0.25, -0.2) is 0 Å². The minimum Gasteiger partial charge on any atom is -0.332 e. The Bertz CT molecular complexity index is 623. The van der Waals surface area contributed by atoms with Crippen LogP contribution in [0.2, 0.25) is 0 Å². The summed E-state index contributed by atoms with van der Waals surface area (Å²) in [5.41, 5.74) is 2.15. The summed E-state index contributed by atoms with van der Waals surface area (Å²) in [6, 6.07) is 8.41. The minimum atomic E-state index is -0.363. The quantitative estimate of drug-likeness (QED) is 0.762. The van der Waals surface area contributed by atoms with Gasteiger partial charge in [0.1, 0.15) is 0 Å². The van der Waals surface area contributed by atoms with E-state index in [0.717, 1.165) is 6.42 Å². The molecule has 0 spiro atoms. The predicted molar refractivity (Wildman–Crippen MR) is 80.3 cm³/mol. The molecule has 1 unspecified atom stereocenters. The fraction of sp³-hybridized carbons (Fsp3) is 0.471. The van der Waals surface area contributed by atoms with Crippen LogP contribution in [0.5, 0.6) is 0 Å². The maximum absolute atomic E-state index is 12.5. The van der Waals surface area contributed by atoms with Crippen molar-refractivity contribution >= 4 is 5.91 Å². The molecule has 1 aromatic carbocycles. The van der Waals surface area contributed by atoms with Crippen molar-refractivity contribution in [2.24, 2.45) is 10.2 Å². The van der Waals surface area contributed by atoms with E-state index >= 15 is 0 Å². The van der Waals surface area contributed by atoms with Gasteiger partial charge in [0.05, 0.1) is 6.04 Å². The molecule has 1 aromatic rings. The Kier molecular flexibility index (Phi) is 3.50. The lowest BCUT2D eigenvalue weighted by Gasteiger charge is -2.22. The fourth-order valence-electron chi connectivity index (χ4n) is 3.00. The van der Waals surface area contributed by atoms with E-state index in [2.05, 4.69) is 35.2 Å². The summed E-state index contributed by atoms with van der Waals surface area (Å²) in [5.74, 6) is 2.79. The highest BCUT2D eigenvalue weighted by Crippen LogP contribution is 2.39. The van der Waals surface area contributed by atoms with Gasteiger partial charge < -0.3 is 4.90 Å². The van der Waals surface area contributed by atoms with Crippen molar-refractivity contribution in [1.82, 2.24) is 4.90 Å². The summed E-state index contributed by atoms with van der Waals surface area (Å²) >= 11 is 0. The lowest BCUT2D eigenvalue weighted by atomic mass is 10.0. The van der Waals surface area contributed by atoms with E-state index in [0.29, 0.717) is 25.8 Å². The van der Waals surface area contributed by atoms with E-state index in [1.54, 1.807) is 0 Å². The lowest BCUT2D eigenvalue weighted by Crippen LogP contribution is -2.29. The van der Waals surface area contributed by atoms with Gasteiger partial charge in [0.25, 0.3) is 0 Å². The number of hydrogen-bond donors (Lipinski definition) is 0. The number of amides is 1. The molecule has 0 saturated carbocycles. The van der Waals surface area contributed by atoms with Crippen LogP contribution in [-0.4, -0.2) is 16.5 Å². The molecule has 2 aliphatic rings. The van der Waals surface area contributed by atoms with Crippen molar-refractivity contribution in [1.29, 1.82) is 0 Å². The number of terminal acetylenes is 1. The number of benzene rings is 1. The SMILES string of the molecule is C#CCCC1(CCC(=O)N2Cc3ccccc3C2C)N=N1. The first kappa shape index (κ1) is 13.8. The summed E-state index contributed by atoms with van der Waals surface area (Å²) in [7, 11) is 0. The van der Waals surface area contributed by atoms with Crippen LogP contribution in [-0.2, 0) is 11.3 Å². The van der Waals surface area contributed by atoms with Gasteiger partial charge in [-0.2, -0.15) is 10.2 Å². The third-order valence-corrected chi connectivity index (χ3v) is 4.43. The van der Waals surface area contributed by atoms with E-state index in [4.69, 9.17) is 6.42 Å². The van der Waals surface area contributed by atoms with E-state index in [-0.39, 0.29) is 17.6 Å². The van der Waals surface area contributed by atoms with Crippen LogP contribution < -0.4 is 0 Å². The molecule has 0 N–H and O–H groups in total. The smallest absolute Gasteiger partial charge is 0.223 e. The van der Waals surface area contributed by atoms with Gasteiger partial charge in [-0.05, 0) is 18.1 Å². The highest BCUT2D eigenvalue weighted by atomic mass is 16.2. The molecular weight excluding hydrogens is 262 g/mol. The molecule has 0 fully saturated rings. The van der Waals surface area contributed by atoms with Crippen LogP contribution in [0, 0.1) is 12.3 Å². The second-order valence-electron chi connectivity index (χ2n) is 5.78. The van der Waals surface area contributed by atoms with Crippen LogP contribution in [0.4, 0.5) is 0 Å². The molecule has 4 nitrogen and oxygen atoms in total. The van der Waals surface area contributed by atoms with Crippen molar-refractivity contribution < 1.29 is 4.79 Å². The molecule has 0 aliphatic carbocycles. The van der Waals surface area contributed by atoms with Crippen molar-refractivity contribution in [3.05, 3.63) is 35.4 Å². The molecule has 2 heterocycles. The summed E-state index contributed by atoms with van der Waals surface area (Å²) in [6.07, 6.45) is 7.85. The van der Waals surface area contributed by atoms with E-state index < -0.39 is 0 Å². The molecule has 0 bridgehead atoms. The Morgan fingerprint density at radius 2 is 2.19 bits per heavy atom. The number of nitrogens with zero attached hydrogens (tertiary/aromatic N) is 3. The largest absolute Gasteiger partial charge is 0.332 e. The van der Waals surface area contributed by atoms with Gasteiger partial charge in [0.15, 0.2) is 5.66 Å². The maximum Gasteiger partial charge on any atom is 0.223 e. The normalized spacial score (nSPS) is 21.0.